The van der Waals surface area contributed by atoms with Crippen LogP contribution in [0.2, 0.25) is 0 Å². The van der Waals surface area contributed by atoms with Crippen molar-refractivity contribution in [2.24, 2.45) is 0 Å². The molecule has 6 nitrogen and oxygen atoms in total. The minimum Gasteiger partial charge on any atom is -0.361 e. The van der Waals surface area contributed by atoms with E-state index in [1.165, 1.54) is 12.5 Å². The number of nitrogens with one attached hydrogen (secondary N) is 3. The van der Waals surface area contributed by atoms with Gasteiger partial charge in [0, 0.05) is 47.4 Å². The number of aromatic amines is 1. The number of benzene rings is 2. The summed E-state index contributed by atoms with van der Waals surface area (Å²) in [5.74, 6) is -1.12. The number of carbonyl (C=O) groups is 2. The van der Waals surface area contributed by atoms with Crippen LogP contribution in [0.15, 0.2) is 79.1 Å². The van der Waals surface area contributed by atoms with Gasteiger partial charge in [-0.2, -0.15) is 0 Å². The van der Waals surface area contributed by atoms with Crippen LogP contribution in [-0.2, 0) is 27.8 Å². The molecule has 1 aliphatic rings. The molecule has 0 aliphatic heterocycles. The van der Waals surface area contributed by atoms with Crippen LogP contribution in [0.1, 0.15) is 55.8 Å². The molecular formula is C32H35FN4O2. The Balaban J connectivity index is 1.40. The van der Waals surface area contributed by atoms with E-state index in [1.54, 1.807) is 31.3 Å². The first-order valence-corrected chi connectivity index (χ1v) is 13.7. The fourth-order valence-corrected chi connectivity index (χ4v) is 5.88. The van der Waals surface area contributed by atoms with Gasteiger partial charge in [-0.15, -0.1) is 0 Å². The molecular weight excluding hydrogens is 491 g/mol. The van der Waals surface area contributed by atoms with Gasteiger partial charge in [0.25, 0.3) is 0 Å². The van der Waals surface area contributed by atoms with E-state index in [2.05, 4.69) is 20.6 Å². The smallest absolute Gasteiger partial charge is 0.245 e. The molecule has 2 amide bonds. The first kappa shape index (κ1) is 26.6. The topological polar surface area (TPSA) is 86.9 Å². The highest BCUT2D eigenvalue weighted by Gasteiger charge is 2.40. The quantitative estimate of drug-likeness (QED) is 0.274. The predicted octanol–water partition coefficient (Wildman–Crippen LogP) is 5.38. The third-order valence-electron chi connectivity index (χ3n) is 8.05. The van der Waals surface area contributed by atoms with E-state index < -0.39 is 17.3 Å². The van der Waals surface area contributed by atoms with Gasteiger partial charge in [0.15, 0.2) is 0 Å². The van der Waals surface area contributed by atoms with E-state index in [9.17, 15) is 14.0 Å². The standard InChI is InChI=1S/C32H35FN4O2/c1-31(20-24-21-35-27-14-6-4-12-25(24)27,37-29(38)19-23-11-3-5-13-26(23)33)30(39)36-22-32(16-8-2-9-17-32)28-15-7-10-18-34-28/h3-7,10-15,18,21,35H,2,8-9,16-17,19-20,22H2,1H3,(H,36,39)(H,37,38). The minimum atomic E-state index is -1.26. The molecule has 7 heteroatoms. The van der Waals surface area contributed by atoms with Gasteiger partial charge >= 0.3 is 0 Å². The molecule has 1 fully saturated rings. The molecule has 0 bridgehead atoms. The molecule has 0 radical (unpaired) electrons. The van der Waals surface area contributed by atoms with Gasteiger partial charge in [0.1, 0.15) is 11.4 Å². The lowest BCUT2D eigenvalue weighted by Gasteiger charge is -2.38. The van der Waals surface area contributed by atoms with Crippen LogP contribution in [0.4, 0.5) is 4.39 Å². The molecule has 1 atom stereocenters. The summed E-state index contributed by atoms with van der Waals surface area (Å²) in [5, 5.41) is 7.16. The number of rotatable bonds is 9. The molecule has 2 aromatic heterocycles. The van der Waals surface area contributed by atoms with Gasteiger partial charge in [-0.3, -0.25) is 14.6 Å². The van der Waals surface area contributed by atoms with Crippen molar-refractivity contribution in [2.45, 2.75) is 62.8 Å². The van der Waals surface area contributed by atoms with Crippen molar-refractivity contribution in [3.8, 4) is 0 Å². The number of para-hydroxylation sites is 1. The molecule has 2 aromatic carbocycles. The lowest BCUT2D eigenvalue weighted by molar-refractivity contribution is -0.133. The largest absolute Gasteiger partial charge is 0.361 e. The molecule has 1 saturated carbocycles. The summed E-state index contributed by atoms with van der Waals surface area (Å²) in [5.41, 5.74) is 1.67. The summed E-state index contributed by atoms with van der Waals surface area (Å²) in [6.45, 7) is 2.19. The molecule has 39 heavy (non-hydrogen) atoms. The monoisotopic (exact) mass is 526 g/mol. The van der Waals surface area contributed by atoms with Crippen LogP contribution in [0.5, 0.6) is 0 Å². The number of pyridine rings is 1. The number of fused-ring (bicyclic) bond motifs is 1. The maximum Gasteiger partial charge on any atom is 0.245 e. The zero-order valence-electron chi connectivity index (χ0n) is 22.3. The van der Waals surface area contributed by atoms with Crippen LogP contribution in [0, 0.1) is 5.82 Å². The Labute approximate surface area is 228 Å². The molecule has 2 heterocycles. The van der Waals surface area contributed by atoms with E-state index >= 15 is 0 Å². The molecule has 0 saturated heterocycles. The van der Waals surface area contributed by atoms with Gasteiger partial charge in [-0.05, 0) is 55.2 Å². The summed E-state index contributed by atoms with van der Waals surface area (Å²) in [7, 11) is 0. The summed E-state index contributed by atoms with van der Waals surface area (Å²) in [4.78, 5) is 35.1. The van der Waals surface area contributed by atoms with Gasteiger partial charge in [-0.1, -0.05) is 61.7 Å². The lowest BCUT2D eigenvalue weighted by atomic mass is 9.71. The predicted molar refractivity (Wildman–Crippen MR) is 151 cm³/mol. The summed E-state index contributed by atoms with van der Waals surface area (Å²) < 4.78 is 14.3. The highest BCUT2D eigenvalue weighted by Crippen LogP contribution is 2.38. The van der Waals surface area contributed by atoms with Crippen molar-refractivity contribution in [2.75, 3.05) is 6.54 Å². The van der Waals surface area contributed by atoms with Crippen LogP contribution in [0.25, 0.3) is 10.9 Å². The van der Waals surface area contributed by atoms with Crippen molar-refractivity contribution in [1.82, 2.24) is 20.6 Å². The average molecular weight is 527 g/mol. The van der Waals surface area contributed by atoms with E-state index in [0.717, 1.165) is 47.8 Å². The number of H-pyrrole nitrogens is 1. The second-order valence-electron chi connectivity index (χ2n) is 10.9. The summed E-state index contributed by atoms with van der Waals surface area (Å²) in [6, 6.07) is 20.0. The Morgan fingerprint density at radius 2 is 1.72 bits per heavy atom. The first-order valence-electron chi connectivity index (χ1n) is 13.7. The number of hydrogen-bond acceptors (Lipinski definition) is 3. The van der Waals surface area contributed by atoms with Crippen molar-refractivity contribution in [1.29, 1.82) is 0 Å². The maximum absolute atomic E-state index is 14.3. The van der Waals surface area contributed by atoms with Crippen LogP contribution in [0.3, 0.4) is 0 Å². The molecule has 0 spiro atoms. The Hall–Kier alpha value is -4.00. The number of hydrogen-bond donors (Lipinski definition) is 3. The van der Waals surface area contributed by atoms with E-state index in [0.29, 0.717) is 12.1 Å². The Morgan fingerprint density at radius 1 is 0.974 bits per heavy atom. The Kier molecular flexibility index (Phi) is 7.77. The molecule has 1 aliphatic carbocycles. The minimum absolute atomic E-state index is 0.151. The highest BCUT2D eigenvalue weighted by molar-refractivity contribution is 5.93. The van der Waals surface area contributed by atoms with Crippen LogP contribution in [-0.4, -0.2) is 33.9 Å². The lowest BCUT2D eigenvalue weighted by Crippen LogP contribution is -2.60. The molecule has 5 rings (SSSR count). The van der Waals surface area contributed by atoms with Crippen LogP contribution >= 0.6 is 0 Å². The number of amides is 2. The fraction of sp³-hybridized carbons (Fsp3) is 0.344. The Morgan fingerprint density at radius 3 is 2.49 bits per heavy atom. The second-order valence-corrected chi connectivity index (χ2v) is 10.9. The van der Waals surface area contributed by atoms with E-state index in [4.69, 9.17) is 0 Å². The zero-order chi connectivity index (χ0) is 27.3. The van der Waals surface area contributed by atoms with Gasteiger partial charge in [-0.25, -0.2) is 4.39 Å². The third kappa shape index (κ3) is 5.87. The second kappa shape index (κ2) is 11.4. The molecule has 1 unspecified atom stereocenters. The van der Waals surface area contributed by atoms with Crippen LogP contribution < -0.4 is 10.6 Å². The molecule has 202 valence electrons. The van der Waals surface area contributed by atoms with Gasteiger partial charge < -0.3 is 15.6 Å². The normalized spacial score (nSPS) is 16.4. The summed E-state index contributed by atoms with van der Waals surface area (Å²) in [6.07, 6.45) is 9.05. The fourth-order valence-electron chi connectivity index (χ4n) is 5.88. The summed E-state index contributed by atoms with van der Waals surface area (Å²) >= 11 is 0. The molecule has 3 N–H and O–H groups in total. The van der Waals surface area contributed by atoms with Crippen molar-refractivity contribution in [3.63, 3.8) is 0 Å². The number of aromatic nitrogens is 2. The van der Waals surface area contributed by atoms with Crippen molar-refractivity contribution >= 4 is 22.7 Å². The van der Waals surface area contributed by atoms with Crippen molar-refractivity contribution in [3.05, 3.63) is 102 Å². The SMILES string of the molecule is CC(Cc1c[nH]c2ccccc12)(NC(=O)Cc1ccccc1F)C(=O)NCC1(c2ccccn2)CCCCC1. The maximum atomic E-state index is 14.3. The number of nitrogens with zero attached hydrogens (tertiary/aromatic N) is 1. The zero-order valence-corrected chi connectivity index (χ0v) is 22.3. The number of carbonyl (C=O) groups excluding carboxylic acids is 2. The first-order chi connectivity index (χ1) is 18.9. The van der Waals surface area contributed by atoms with Crippen molar-refractivity contribution < 1.29 is 14.0 Å². The third-order valence-corrected chi connectivity index (χ3v) is 8.05. The highest BCUT2D eigenvalue weighted by atomic mass is 19.1. The number of halogens is 1. The van der Waals surface area contributed by atoms with Gasteiger partial charge in [0.2, 0.25) is 11.8 Å². The average Bonchev–Trinajstić information content (AvgIpc) is 3.36. The van der Waals surface area contributed by atoms with E-state index in [-0.39, 0.29) is 24.2 Å². The molecule has 4 aromatic rings. The van der Waals surface area contributed by atoms with E-state index in [1.807, 2.05) is 48.7 Å². The Bertz CT molecular complexity index is 1440. The van der Waals surface area contributed by atoms with Gasteiger partial charge in [0.05, 0.1) is 6.42 Å².